The summed E-state index contributed by atoms with van der Waals surface area (Å²) < 4.78 is 14.0. The fourth-order valence-corrected chi connectivity index (χ4v) is 3.70. The first kappa shape index (κ1) is 18.6. The number of hydrogen-bond donors (Lipinski definition) is 1. The highest BCUT2D eigenvalue weighted by molar-refractivity contribution is 9.10. The predicted molar refractivity (Wildman–Crippen MR) is 102 cm³/mol. The first-order valence-corrected chi connectivity index (χ1v) is 9.23. The van der Waals surface area contributed by atoms with Crippen molar-refractivity contribution in [2.24, 2.45) is 5.92 Å². The number of benzene rings is 2. The van der Waals surface area contributed by atoms with Gasteiger partial charge in [0.25, 0.3) is 0 Å². The Morgan fingerprint density at radius 1 is 1.31 bits per heavy atom. The lowest BCUT2D eigenvalue weighted by Gasteiger charge is -2.20. The summed E-state index contributed by atoms with van der Waals surface area (Å²) in [7, 11) is 0. The molecule has 0 aromatic heterocycles. The summed E-state index contributed by atoms with van der Waals surface area (Å²) in [4.78, 5) is 26.6. The minimum absolute atomic E-state index is 0.0487. The average molecular weight is 419 g/mol. The van der Waals surface area contributed by atoms with Crippen LogP contribution >= 0.6 is 15.9 Å². The van der Waals surface area contributed by atoms with Gasteiger partial charge in [-0.1, -0.05) is 28.1 Å². The highest BCUT2D eigenvalue weighted by atomic mass is 79.9. The second-order valence-electron chi connectivity index (χ2n) is 6.62. The third-order valence-electron chi connectivity index (χ3n) is 4.75. The van der Waals surface area contributed by atoms with E-state index in [0.717, 1.165) is 16.8 Å². The van der Waals surface area contributed by atoms with E-state index in [-0.39, 0.29) is 30.6 Å². The van der Waals surface area contributed by atoms with Crippen LogP contribution < -0.4 is 10.2 Å². The molecule has 136 valence electrons. The van der Waals surface area contributed by atoms with Crippen molar-refractivity contribution in [3.05, 3.63) is 63.4 Å². The number of carbonyl (C=O) groups excluding carboxylic acids is 2. The van der Waals surface area contributed by atoms with Gasteiger partial charge in [-0.25, -0.2) is 4.39 Å². The molecule has 1 atom stereocenters. The second kappa shape index (κ2) is 7.58. The van der Waals surface area contributed by atoms with Crippen molar-refractivity contribution in [2.75, 3.05) is 11.4 Å². The maximum Gasteiger partial charge on any atom is 0.227 e. The molecule has 1 saturated heterocycles. The smallest absolute Gasteiger partial charge is 0.227 e. The number of carbonyl (C=O) groups is 2. The average Bonchev–Trinajstić information content (AvgIpc) is 2.96. The zero-order valence-corrected chi connectivity index (χ0v) is 16.3. The summed E-state index contributed by atoms with van der Waals surface area (Å²) in [5, 5.41) is 2.81. The van der Waals surface area contributed by atoms with Crippen LogP contribution in [-0.4, -0.2) is 18.4 Å². The third-order valence-corrected chi connectivity index (χ3v) is 5.21. The van der Waals surface area contributed by atoms with Gasteiger partial charge in [0.2, 0.25) is 11.8 Å². The van der Waals surface area contributed by atoms with Crippen molar-refractivity contribution < 1.29 is 14.0 Å². The first-order chi connectivity index (χ1) is 12.3. The van der Waals surface area contributed by atoms with Crippen LogP contribution in [0.15, 0.2) is 40.9 Å². The van der Waals surface area contributed by atoms with E-state index in [1.807, 2.05) is 32.0 Å². The molecule has 1 aliphatic rings. The fraction of sp³-hybridized carbons (Fsp3) is 0.300. The fourth-order valence-electron chi connectivity index (χ4n) is 3.19. The quantitative estimate of drug-likeness (QED) is 0.818. The largest absolute Gasteiger partial charge is 0.352 e. The molecule has 3 rings (SSSR count). The van der Waals surface area contributed by atoms with Gasteiger partial charge in [-0.05, 0) is 54.8 Å². The zero-order valence-electron chi connectivity index (χ0n) is 14.7. The van der Waals surface area contributed by atoms with Gasteiger partial charge < -0.3 is 10.2 Å². The van der Waals surface area contributed by atoms with E-state index in [9.17, 15) is 14.0 Å². The number of nitrogens with one attached hydrogen (secondary N) is 1. The van der Waals surface area contributed by atoms with Crippen molar-refractivity contribution in [1.82, 2.24) is 5.32 Å². The molecule has 1 fully saturated rings. The van der Waals surface area contributed by atoms with E-state index in [1.54, 1.807) is 11.0 Å². The highest BCUT2D eigenvalue weighted by Gasteiger charge is 2.35. The SMILES string of the molecule is Cc1cccc(N2CC(C(=O)NCc3cc(F)cc(Br)c3)CC2=O)c1C. The van der Waals surface area contributed by atoms with E-state index in [2.05, 4.69) is 21.2 Å². The van der Waals surface area contributed by atoms with E-state index < -0.39 is 5.92 Å². The van der Waals surface area contributed by atoms with Crippen molar-refractivity contribution in [1.29, 1.82) is 0 Å². The van der Waals surface area contributed by atoms with Crippen LogP contribution in [0.5, 0.6) is 0 Å². The molecule has 2 aromatic rings. The maximum absolute atomic E-state index is 13.4. The Bertz CT molecular complexity index is 849. The number of halogens is 2. The molecule has 0 radical (unpaired) electrons. The summed E-state index contributed by atoms with van der Waals surface area (Å²) in [6.07, 6.45) is 0.187. The van der Waals surface area contributed by atoms with Crippen molar-refractivity contribution in [2.45, 2.75) is 26.8 Å². The molecule has 1 N–H and O–H groups in total. The van der Waals surface area contributed by atoms with Crippen molar-refractivity contribution >= 4 is 33.4 Å². The first-order valence-electron chi connectivity index (χ1n) is 8.44. The lowest BCUT2D eigenvalue weighted by molar-refractivity contribution is -0.126. The van der Waals surface area contributed by atoms with Gasteiger partial charge in [0.05, 0.1) is 5.92 Å². The Hall–Kier alpha value is -2.21. The molecule has 0 spiro atoms. The number of amides is 2. The minimum Gasteiger partial charge on any atom is -0.352 e. The molecular weight excluding hydrogens is 399 g/mol. The Labute approximate surface area is 160 Å². The lowest BCUT2D eigenvalue weighted by atomic mass is 10.1. The van der Waals surface area contributed by atoms with E-state index in [1.165, 1.54) is 12.1 Å². The number of rotatable bonds is 4. The molecular formula is C20H20BrFN2O2. The topological polar surface area (TPSA) is 49.4 Å². The van der Waals surface area contributed by atoms with Crippen LogP contribution in [0.25, 0.3) is 0 Å². The summed E-state index contributed by atoms with van der Waals surface area (Å²) in [5.41, 5.74) is 3.69. The Balaban J connectivity index is 1.66. The van der Waals surface area contributed by atoms with Gasteiger partial charge >= 0.3 is 0 Å². The van der Waals surface area contributed by atoms with Crippen LogP contribution in [-0.2, 0) is 16.1 Å². The summed E-state index contributed by atoms with van der Waals surface area (Å²) >= 11 is 3.24. The Morgan fingerprint density at radius 2 is 2.08 bits per heavy atom. The molecule has 6 heteroatoms. The van der Waals surface area contributed by atoms with Crippen LogP contribution in [0.2, 0.25) is 0 Å². The molecule has 1 unspecified atom stereocenters. The van der Waals surface area contributed by atoms with Crippen LogP contribution in [0.1, 0.15) is 23.1 Å². The predicted octanol–water partition coefficient (Wildman–Crippen LogP) is 3.87. The zero-order chi connectivity index (χ0) is 18.8. The van der Waals surface area contributed by atoms with Crippen molar-refractivity contribution in [3.63, 3.8) is 0 Å². The van der Waals surface area contributed by atoms with E-state index in [4.69, 9.17) is 0 Å². The van der Waals surface area contributed by atoms with E-state index in [0.29, 0.717) is 16.6 Å². The molecule has 0 saturated carbocycles. The summed E-state index contributed by atoms with van der Waals surface area (Å²) in [6.45, 7) is 4.57. The van der Waals surface area contributed by atoms with Gasteiger partial charge in [0.15, 0.2) is 0 Å². The highest BCUT2D eigenvalue weighted by Crippen LogP contribution is 2.29. The molecule has 4 nitrogen and oxygen atoms in total. The molecule has 1 aliphatic heterocycles. The number of anilines is 1. The summed E-state index contributed by atoms with van der Waals surface area (Å²) in [6, 6.07) is 10.3. The molecule has 26 heavy (non-hydrogen) atoms. The van der Waals surface area contributed by atoms with Gasteiger partial charge in [-0.2, -0.15) is 0 Å². The van der Waals surface area contributed by atoms with E-state index >= 15 is 0 Å². The van der Waals surface area contributed by atoms with Crippen molar-refractivity contribution in [3.8, 4) is 0 Å². The third kappa shape index (κ3) is 3.96. The molecule has 2 aromatic carbocycles. The molecule has 0 bridgehead atoms. The number of hydrogen-bond acceptors (Lipinski definition) is 2. The standard InChI is InChI=1S/C20H20BrFN2O2/c1-12-4-3-5-18(13(12)2)24-11-15(8-19(24)25)20(26)23-10-14-6-16(21)9-17(22)7-14/h3-7,9,15H,8,10-11H2,1-2H3,(H,23,26). The molecule has 1 heterocycles. The van der Waals surface area contributed by atoms with Crippen LogP contribution in [0, 0.1) is 25.6 Å². The van der Waals surface area contributed by atoms with Gasteiger partial charge in [0, 0.05) is 29.7 Å². The van der Waals surface area contributed by atoms with Gasteiger partial charge in [-0.3, -0.25) is 9.59 Å². The molecule has 0 aliphatic carbocycles. The monoisotopic (exact) mass is 418 g/mol. The molecule has 2 amide bonds. The number of aryl methyl sites for hydroxylation is 1. The number of nitrogens with zero attached hydrogens (tertiary/aromatic N) is 1. The Kier molecular flexibility index (Phi) is 5.41. The van der Waals surface area contributed by atoms with Gasteiger partial charge in [-0.15, -0.1) is 0 Å². The Morgan fingerprint density at radius 3 is 2.81 bits per heavy atom. The normalized spacial score (nSPS) is 16.8. The lowest BCUT2D eigenvalue weighted by Crippen LogP contribution is -2.32. The van der Waals surface area contributed by atoms with Gasteiger partial charge in [0.1, 0.15) is 5.82 Å². The van der Waals surface area contributed by atoms with Crippen LogP contribution in [0.4, 0.5) is 10.1 Å². The summed E-state index contributed by atoms with van der Waals surface area (Å²) in [5.74, 6) is -1.00. The minimum atomic E-state index is -0.403. The maximum atomic E-state index is 13.4. The second-order valence-corrected chi connectivity index (χ2v) is 7.54. The van der Waals surface area contributed by atoms with Crippen LogP contribution in [0.3, 0.4) is 0 Å².